The van der Waals surface area contributed by atoms with Crippen LogP contribution in [0.3, 0.4) is 0 Å². The summed E-state index contributed by atoms with van der Waals surface area (Å²) in [6, 6.07) is 11.9. The van der Waals surface area contributed by atoms with Crippen molar-refractivity contribution in [2.24, 2.45) is 0 Å². The second kappa shape index (κ2) is 11.2. The number of imidazole rings is 1. The average Bonchev–Trinajstić information content (AvgIpc) is 3.17. The molecular weight excluding hydrogens is 444 g/mol. The third-order valence-electron chi connectivity index (χ3n) is 6.31. The maximum atomic E-state index is 11.8. The molecule has 2 aromatic heterocycles. The molecule has 0 spiro atoms. The molecule has 1 saturated heterocycles. The molecule has 1 aromatic carbocycles. The Morgan fingerprint density at radius 2 is 2.06 bits per heavy atom. The number of fused-ring (bicyclic) bond motifs is 1. The van der Waals surface area contributed by atoms with Crippen LogP contribution in [0.15, 0.2) is 30.3 Å². The highest BCUT2D eigenvalue weighted by Gasteiger charge is 2.23. The third kappa shape index (κ3) is 6.08. The Kier molecular flexibility index (Phi) is 7.83. The molecule has 1 aliphatic heterocycles. The molecule has 184 valence electrons. The molecule has 4 rings (SSSR count). The molecule has 9 nitrogen and oxygen atoms in total. The summed E-state index contributed by atoms with van der Waals surface area (Å²) in [5.74, 6) is 0.693. The van der Waals surface area contributed by atoms with Gasteiger partial charge in [0.05, 0.1) is 36.8 Å². The van der Waals surface area contributed by atoms with Crippen molar-refractivity contribution in [1.29, 1.82) is 5.26 Å². The normalized spacial score (nSPS) is 14.7. The summed E-state index contributed by atoms with van der Waals surface area (Å²) in [6.07, 6.45) is 2.89. The van der Waals surface area contributed by atoms with E-state index in [4.69, 9.17) is 15.0 Å². The molecule has 0 unspecified atom stereocenters. The number of likely N-dealkylation sites (tertiary alicyclic amines) is 1. The summed E-state index contributed by atoms with van der Waals surface area (Å²) in [6.45, 7) is 6.41. The summed E-state index contributed by atoms with van der Waals surface area (Å²) < 4.78 is 7.12. The SMILES string of the molecule is CCOC(=O)CN1CCC(Nc2nc3ccc(CCC#N)cc3n2Cc2nc(C)ccc2O)CC1. The van der Waals surface area contributed by atoms with Crippen LogP contribution in [-0.4, -0.2) is 62.8 Å². The smallest absolute Gasteiger partial charge is 0.320 e. The largest absolute Gasteiger partial charge is 0.506 e. The number of ether oxygens (including phenoxy) is 1. The number of carbonyl (C=O) groups excluding carboxylic acids is 1. The highest BCUT2D eigenvalue weighted by Crippen LogP contribution is 2.27. The van der Waals surface area contributed by atoms with E-state index in [0.717, 1.165) is 54.2 Å². The van der Waals surface area contributed by atoms with Gasteiger partial charge in [-0.25, -0.2) is 4.98 Å². The monoisotopic (exact) mass is 476 g/mol. The first-order valence-corrected chi connectivity index (χ1v) is 12.1. The van der Waals surface area contributed by atoms with E-state index >= 15 is 0 Å². The van der Waals surface area contributed by atoms with Crippen LogP contribution in [0, 0.1) is 18.3 Å². The fourth-order valence-electron chi connectivity index (χ4n) is 4.47. The predicted octanol–water partition coefficient (Wildman–Crippen LogP) is 3.39. The number of hydrogen-bond acceptors (Lipinski definition) is 8. The van der Waals surface area contributed by atoms with E-state index in [1.165, 1.54) is 0 Å². The highest BCUT2D eigenvalue weighted by atomic mass is 16.5. The molecule has 35 heavy (non-hydrogen) atoms. The van der Waals surface area contributed by atoms with Crippen molar-refractivity contribution in [2.75, 3.05) is 31.6 Å². The molecule has 0 amide bonds. The number of hydrogen-bond donors (Lipinski definition) is 2. The van der Waals surface area contributed by atoms with Gasteiger partial charge in [-0.2, -0.15) is 5.26 Å². The van der Waals surface area contributed by atoms with E-state index in [0.29, 0.717) is 38.2 Å². The molecule has 2 N–H and O–H groups in total. The Morgan fingerprint density at radius 3 is 2.80 bits per heavy atom. The number of nitriles is 1. The zero-order valence-electron chi connectivity index (χ0n) is 20.3. The standard InChI is InChI=1S/C26H32N6O3/c1-3-35-25(34)17-31-13-10-20(11-14-31)29-26-30-21-8-7-19(5-4-12-27)15-23(21)32(26)16-22-24(33)9-6-18(2)28-22/h6-9,15,20,33H,3-5,10-11,13-14,16-17H2,1-2H3,(H,29,30). The van der Waals surface area contributed by atoms with Gasteiger partial charge in [-0.15, -0.1) is 0 Å². The zero-order chi connectivity index (χ0) is 24.8. The maximum absolute atomic E-state index is 11.8. The van der Waals surface area contributed by atoms with Crippen LogP contribution >= 0.6 is 0 Å². The first-order chi connectivity index (χ1) is 17.0. The van der Waals surface area contributed by atoms with Gasteiger partial charge < -0.3 is 19.7 Å². The van der Waals surface area contributed by atoms with Gasteiger partial charge >= 0.3 is 5.97 Å². The number of piperidine rings is 1. The lowest BCUT2D eigenvalue weighted by Gasteiger charge is -2.31. The van der Waals surface area contributed by atoms with Crippen LogP contribution in [0.4, 0.5) is 5.95 Å². The third-order valence-corrected chi connectivity index (χ3v) is 6.31. The number of nitrogens with one attached hydrogen (secondary N) is 1. The highest BCUT2D eigenvalue weighted by molar-refractivity contribution is 5.80. The fraction of sp³-hybridized carbons (Fsp3) is 0.462. The molecule has 0 bridgehead atoms. The number of aromatic hydroxyl groups is 1. The molecule has 1 fully saturated rings. The van der Waals surface area contributed by atoms with E-state index in [9.17, 15) is 9.90 Å². The minimum Gasteiger partial charge on any atom is -0.506 e. The Hall–Kier alpha value is -3.64. The van der Waals surface area contributed by atoms with E-state index in [1.54, 1.807) is 12.1 Å². The molecule has 0 saturated carbocycles. The lowest BCUT2D eigenvalue weighted by molar-refractivity contribution is -0.144. The molecule has 9 heteroatoms. The Morgan fingerprint density at radius 1 is 1.26 bits per heavy atom. The zero-order valence-corrected chi connectivity index (χ0v) is 20.3. The fourth-order valence-corrected chi connectivity index (χ4v) is 4.47. The molecule has 1 aliphatic rings. The minimum atomic E-state index is -0.182. The molecular formula is C26H32N6O3. The van der Waals surface area contributed by atoms with Crippen LogP contribution in [0.25, 0.3) is 11.0 Å². The summed E-state index contributed by atoms with van der Waals surface area (Å²) in [7, 11) is 0. The lowest BCUT2D eigenvalue weighted by atomic mass is 10.1. The van der Waals surface area contributed by atoms with E-state index < -0.39 is 0 Å². The number of nitrogens with zero attached hydrogens (tertiary/aromatic N) is 5. The summed E-state index contributed by atoms with van der Waals surface area (Å²) in [5, 5.41) is 23.0. The van der Waals surface area contributed by atoms with Gasteiger partial charge in [0.2, 0.25) is 5.95 Å². The number of pyridine rings is 1. The summed E-state index contributed by atoms with van der Waals surface area (Å²) in [4.78, 5) is 23.3. The van der Waals surface area contributed by atoms with Crippen molar-refractivity contribution in [3.8, 4) is 11.8 Å². The number of aromatic nitrogens is 3. The summed E-state index contributed by atoms with van der Waals surface area (Å²) >= 11 is 0. The topological polar surface area (TPSA) is 116 Å². The van der Waals surface area contributed by atoms with Gasteiger partial charge in [0.1, 0.15) is 11.4 Å². The van der Waals surface area contributed by atoms with Gasteiger partial charge in [-0.3, -0.25) is 14.7 Å². The molecule has 3 heterocycles. The molecule has 0 atom stereocenters. The number of carbonyl (C=O) groups is 1. The number of rotatable bonds is 9. The number of anilines is 1. The number of benzene rings is 1. The van der Waals surface area contributed by atoms with Crippen LogP contribution in [0.2, 0.25) is 0 Å². The Balaban J connectivity index is 1.57. The van der Waals surface area contributed by atoms with Gasteiger partial charge in [0.15, 0.2) is 0 Å². The van der Waals surface area contributed by atoms with Crippen LogP contribution in [-0.2, 0) is 22.5 Å². The van der Waals surface area contributed by atoms with E-state index in [-0.39, 0.29) is 17.8 Å². The average molecular weight is 477 g/mol. The second-order valence-corrected chi connectivity index (χ2v) is 8.92. The van der Waals surface area contributed by atoms with Crippen molar-refractivity contribution in [2.45, 2.75) is 52.1 Å². The molecule has 3 aromatic rings. The van der Waals surface area contributed by atoms with Crippen molar-refractivity contribution in [1.82, 2.24) is 19.4 Å². The first-order valence-electron chi connectivity index (χ1n) is 12.1. The van der Waals surface area contributed by atoms with Crippen molar-refractivity contribution in [3.05, 3.63) is 47.3 Å². The predicted molar refractivity (Wildman–Crippen MR) is 133 cm³/mol. The van der Waals surface area contributed by atoms with Gasteiger partial charge in [-0.05, 0) is 62.9 Å². The first kappa shape index (κ1) is 24.5. The van der Waals surface area contributed by atoms with E-state index in [2.05, 4.69) is 31.9 Å². The number of esters is 1. The Bertz CT molecular complexity index is 1220. The van der Waals surface area contributed by atoms with E-state index in [1.807, 2.05) is 26.0 Å². The van der Waals surface area contributed by atoms with Crippen molar-refractivity contribution in [3.63, 3.8) is 0 Å². The van der Waals surface area contributed by atoms with Crippen molar-refractivity contribution >= 4 is 23.0 Å². The molecule has 0 radical (unpaired) electrons. The minimum absolute atomic E-state index is 0.149. The summed E-state index contributed by atoms with van der Waals surface area (Å²) in [5.41, 5.74) is 4.27. The van der Waals surface area contributed by atoms with Gasteiger partial charge in [-0.1, -0.05) is 6.07 Å². The van der Waals surface area contributed by atoms with Crippen molar-refractivity contribution < 1.29 is 14.6 Å². The lowest BCUT2D eigenvalue weighted by Crippen LogP contribution is -2.42. The van der Waals surface area contributed by atoms with Crippen LogP contribution in [0.5, 0.6) is 5.75 Å². The maximum Gasteiger partial charge on any atom is 0.320 e. The van der Waals surface area contributed by atoms with Gasteiger partial charge in [0, 0.05) is 31.2 Å². The van der Waals surface area contributed by atoms with Crippen LogP contribution < -0.4 is 5.32 Å². The quantitative estimate of drug-likeness (QED) is 0.452. The second-order valence-electron chi connectivity index (χ2n) is 8.92. The number of aryl methyl sites for hydroxylation is 2. The van der Waals surface area contributed by atoms with Crippen LogP contribution in [0.1, 0.15) is 43.1 Å². The Labute approximate surface area is 205 Å². The molecule has 0 aliphatic carbocycles. The van der Waals surface area contributed by atoms with Gasteiger partial charge in [0.25, 0.3) is 0 Å².